The fourth-order valence-electron chi connectivity index (χ4n) is 9.41. The molecule has 358 valence electrons. The van der Waals surface area contributed by atoms with E-state index in [4.69, 9.17) is 16.3 Å². The van der Waals surface area contributed by atoms with Crippen LogP contribution in [0.2, 0.25) is 5.02 Å². The van der Waals surface area contributed by atoms with Gasteiger partial charge in [-0.25, -0.2) is 14.4 Å². The molecule has 0 spiro atoms. The summed E-state index contributed by atoms with van der Waals surface area (Å²) in [6, 6.07) is 12.3. The van der Waals surface area contributed by atoms with E-state index in [1.54, 1.807) is 36.4 Å². The largest absolute Gasteiger partial charge is 0.491 e. The third-order valence-corrected chi connectivity index (χ3v) is 13.4. The fourth-order valence-corrected chi connectivity index (χ4v) is 9.59. The van der Waals surface area contributed by atoms with Crippen LogP contribution >= 0.6 is 11.6 Å². The van der Waals surface area contributed by atoms with Gasteiger partial charge in [0.15, 0.2) is 0 Å². The first-order valence-electron chi connectivity index (χ1n) is 23.4. The van der Waals surface area contributed by atoms with Crippen molar-refractivity contribution >= 4 is 80.8 Å². The van der Waals surface area contributed by atoms with Crippen molar-refractivity contribution in [2.24, 2.45) is 0 Å². The number of imide groups is 2. The summed E-state index contributed by atoms with van der Waals surface area (Å²) in [7, 11) is 0. The molecule has 8 rings (SSSR count). The van der Waals surface area contributed by atoms with Crippen LogP contribution in [0.4, 0.5) is 27.3 Å². The van der Waals surface area contributed by atoms with Crippen LogP contribution in [0.1, 0.15) is 84.9 Å². The van der Waals surface area contributed by atoms with Gasteiger partial charge in [-0.1, -0.05) is 37.1 Å². The lowest BCUT2D eigenvalue weighted by Gasteiger charge is -2.42. The number of piperidine rings is 2. The van der Waals surface area contributed by atoms with E-state index in [1.165, 1.54) is 24.5 Å². The van der Waals surface area contributed by atoms with Gasteiger partial charge in [-0.05, 0) is 94.1 Å². The number of amides is 6. The lowest BCUT2D eigenvalue weighted by Crippen LogP contribution is -2.54. The van der Waals surface area contributed by atoms with E-state index in [2.05, 4.69) is 47.6 Å². The average Bonchev–Trinajstić information content (AvgIpc) is 3.60. The SMILES string of the molecule is C=CC(=O)Nc1cc2c(Nc3ccc(F)c(Cl)c3)ncnc2cc1OCCCN1CCC(N2CCN(C(=O)CCCCCCNc3cccc4c3C(=O)N(C3CCC(=O)NC3=O)C4=O)CC2)CC1. The normalized spacial score (nSPS) is 18.1. The average molecular weight is 952 g/mol. The van der Waals surface area contributed by atoms with Crippen LogP contribution in [0, 0.1) is 5.82 Å². The minimum absolute atomic E-state index is 0.0253. The van der Waals surface area contributed by atoms with Crippen molar-refractivity contribution in [1.82, 2.24) is 34.9 Å². The molecule has 19 heteroatoms. The molecular formula is C49H56ClFN10O7. The number of hydrogen-bond donors (Lipinski definition) is 4. The molecule has 1 atom stereocenters. The number of anilines is 4. The maximum atomic E-state index is 13.8. The quantitative estimate of drug-likeness (QED) is 0.0476. The van der Waals surface area contributed by atoms with Gasteiger partial charge >= 0.3 is 0 Å². The number of unbranched alkanes of at least 4 members (excludes halogenated alkanes) is 3. The Bertz CT molecular complexity index is 2580. The Hall–Kier alpha value is -6.50. The molecule has 3 aromatic carbocycles. The summed E-state index contributed by atoms with van der Waals surface area (Å²) in [5.41, 5.74) is 2.62. The van der Waals surface area contributed by atoms with Crippen molar-refractivity contribution < 1.29 is 37.9 Å². The fraction of sp³-hybridized carbons (Fsp3) is 0.429. The molecule has 4 aliphatic heterocycles. The van der Waals surface area contributed by atoms with Crippen LogP contribution in [0.5, 0.6) is 5.75 Å². The van der Waals surface area contributed by atoms with Crippen molar-refractivity contribution in [2.45, 2.75) is 76.3 Å². The number of carbonyl (C=O) groups is 6. The van der Waals surface area contributed by atoms with Crippen LogP contribution in [-0.2, 0) is 19.2 Å². The van der Waals surface area contributed by atoms with E-state index < -0.39 is 41.4 Å². The van der Waals surface area contributed by atoms with Gasteiger partial charge in [0.1, 0.15) is 29.8 Å². The first-order valence-corrected chi connectivity index (χ1v) is 23.7. The van der Waals surface area contributed by atoms with Crippen LogP contribution in [0.25, 0.3) is 10.9 Å². The molecule has 1 aromatic heterocycles. The van der Waals surface area contributed by atoms with Gasteiger partial charge in [0, 0.05) is 81.0 Å². The standard InChI is InChI=1S/C49H56ClFN10O7/c1-2-42(62)56-39-28-34-38(53-30-54-46(34)55-31-12-13-36(51)35(50)27-31)29-41(39)68-26-8-19-58-20-16-32(17-21-58)59-22-24-60(25-23-59)44(64)11-5-3-4-6-18-52-37-10-7-9-33-45(37)49(67)61(48(33)66)40-14-15-43(63)57-47(40)65/h2,7,9-10,12-13,27-30,32,40,52H,1,3-6,8,11,14-26H2,(H,56,62)(H,53,54,55)(H,57,63,65). The highest BCUT2D eigenvalue weighted by molar-refractivity contribution is 6.31. The zero-order valence-electron chi connectivity index (χ0n) is 37.9. The maximum absolute atomic E-state index is 13.8. The molecule has 17 nitrogen and oxygen atoms in total. The number of nitrogens with one attached hydrogen (secondary N) is 4. The van der Waals surface area contributed by atoms with Crippen molar-refractivity contribution in [3.8, 4) is 5.75 Å². The highest BCUT2D eigenvalue weighted by Crippen LogP contribution is 2.35. The molecule has 3 fully saturated rings. The number of likely N-dealkylation sites (tertiary alicyclic amines) is 1. The van der Waals surface area contributed by atoms with E-state index in [1.807, 2.05) is 4.90 Å². The Morgan fingerprint density at radius 2 is 1.69 bits per heavy atom. The van der Waals surface area contributed by atoms with Crippen LogP contribution < -0.4 is 26.0 Å². The van der Waals surface area contributed by atoms with Crippen LogP contribution in [-0.4, -0.2) is 136 Å². The number of hydrogen-bond acceptors (Lipinski definition) is 13. The third kappa shape index (κ3) is 11.3. The second-order valence-electron chi connectivity index (χ2n) is 17.5. The van der Waals surface area contributed by atoms with Gasteiger partial charge in [0.25, 0.3) is 11.8 Å². The second-order valence-corrected chi connectivity index (χ2v) is 17.9. The van der Waals surface area contributed by atoms with Gasteiger partial charge in [-0.2, -0.15) is 0 Å². The second kappa shape index (κ2) is 22.1. The molecule has 4 aliphatic rings. The topological polar surface area (TPSA) is 199 Å². The minimum Gasteiger partial charge on any atom is -0.491 e. The van der Waals surface area contributed by atoms with E-state index in [0.717, 1.165) is 95.7 Å². The predicted octanol–water partition coefficient (Wildman–Crippen LogP) is 6.13. The predicted molar refractivity (Wildman–Crippen MR) is 255 cm³/mol. The molecule has 6 amide bonds. The summed E-state index contributed by atoms with van der Waals surface area (Å²) in [4.78, 5) is 92.8. The van der Waals surface area contributed by atoms with Gasteiger partial charge in [0.05, 0.1) is 34.0 Å². The summed E-state index contributed by atoms with van der Waals surface area (Å²) in [6.07, 6.45) is 9.63. The zero-order chi connectivity index (χ0) is 47.7. The molecule has 0 saturated carbocycles. The lowest BCUT2D eigenvalue weighted by atomic mass is 10.0. The summed E-state index contributed by atoms with van der Waals surface area (Å²) in [6.45, 7) is 10.6. The molecule has 68 heavy (non-hydrogen) atoms. The highest BCUT2D eigenvalue weighted by atomic mass is 35.5. The molecule has 5 heterocycles. The van der Waals surface area contributed by atoms with Crippen molar-refractivity contribution in [2.75, 3.05) is 74.9 Å². The van der Waals surface area contributed by atoms with Gasteiger partial charge in [-0.15, -0.1) is 0 Å². The van der Waals surface area contributed by atoms with Crippen LogP contribution in [0.3, 0.4) is 0 Å². The number of aromatic nitrogens is 2. The number of nitrogens with zero attached hydrogens (tertiary/aromatic N) is 6. The van der Waals surface area contributed by atoms with E-state index in [0.29, 0.717) is 65.1 Å². The summed E-state index contributed by atoms with van der Waals surface area (Å²) in [5, 5.41) is 12.1. The Morgan fingerprint density at radius 1 is 0.897 bits per heavy atom. The Balaban J connectivity index is 0.708. The molecule has 0 aliphatic carbocycles. The number of carbonyl (C=O) groups excluding carboxylic acids is 6. The van der Waals surface area contributed by atoms with Gasteiger partial charge in [-0.3, -0.25) is 43.9 Å². The Labute approximate surface area is 398 Å². The molecule has 4 N–H and O–H groups in total. The van der Waals surface area contributed by atoms with Crippen molar-refractivity contribution in [3.05, 3.63) is 89.5 Å². The number of benzene rings is 3. The molecule has 1 unspecified atom stereocenters. The van der Waals surface area contributed by atoms with Crippen molar-refractivity contribution in [3.63, 3.8) is 0 Å². The van der Waals surface area contributed by atoms with Gasteiger partial charge < -0.3 is 30.5 Å². The summed E-state index contributed by atoms with van der Waals surface area (Å²) >= 11 is 5.98. The first-order chi connectivity index (χ1) is 33.0. The third-order valence-electron chi connectivity index (χ3n) is 13.1. The van der Waals surface area contributed by atoms with E-state index >= 15 is 0 Å². The minimum atomic E-state index is -1.01. The maximum Gasteiger partial charge on any atom is 0.264 e. The van der Waals surface area contributed by atoms with Crippen molar-refractivity contribution in [1.29, 1.82) is 0 Å². The number of rotatable bonds is 19. The zero-order valence-corrected chi connectivity index (χ0v) is 38.6. The lowest BCUT2D eigenvalue weighted by molar-refractivity contribution is -0.136. The molecular weight excluding hydrogens is 895 g/mol. The summed E-state index contributed by atoms with van der Waals surface area (Å²) in [5.74, 6) is -1.91. The van der Waals surface area contributed by atoms with Gasteiger partial charge in [0.2, 0.25) is 23.6 Å². The molecule has 4 aromatic rings. The number of ether oxygens (including phenoxy) is 1. The monoisotopic (exact) mass is 950 g/mol. The van der Waals surface area contributed by atoms with E-state index in [9.17, 15) is 33.2 Å². The van der Waals surface area contributed by atoms with E-state index in [-0.39, 0.29) is 34.9 Å². The Kier molecular flexibility index (Phi) is 15.6. The highest BCUT2D eigenvalue weighted by Gasteiger charge is 2.45. The molecule has 0 bridgehead atoms. The van der Waals surface area contributed by atoms with Crippen LogP contribution in [0.15, 0.2) is 67.5 Å². The molecule has 0 radical (unpaired) electrons. The number of halogens is 2. The smallest absolute Gasteiger partial charge is 0.264 e. The first kappa shape index (κ1) is 48.0. The number of piperazine rings is 1. The Morgan fingerprint density at radius 3 is 2.46 bits per heavy atom. The summed E-state index contributed by atoms with van der Waals surface area (Å²) < 4.78 is 20.0. The molecule has 3 saturated heterocycles. The number of fused-ring (bicyclic) bond motifs is 2.